The molecule has 1 rings (SSSR count). The molecule has 9 heteroatoms. The van der Waals surface area contributed by atoms with E-state index in [1.165, 1.54) is 270 Å². The summed E-state index contributed by atoms with van der Waals surface area (Å²) in [4.78, 5) is 13.1. The normalized spacial score (nSPS) is 18.6. The minimum Gasteiger partial charge on any atom is -0.394 e. The minimum absolute atomic E-state index is 0.185. The zero-order valence-electron chi connectivity index (χ0n) is 53.8. The van der Waals surface area contributed by atoms with E-state index in [0.29, 0.717) is 6.42 Å². The maximum atomic E-state index is 13.1. The van der Waals surface area contributed by atoms with Gasteiger partial charge < -0.3 is 40.3 Å². The molecule has 7 atom stereocenters. The molecule has 1 amide bonds. The van der Waals surface area contributed by atoms with Crippen molar-refractivity contribution in [1.82, 2.24) is 5.32 Å². The van der Waals surface area contributed by atoms with E-state index in [2.05, 4.69) is 67.8 Å². The van der Waals surface area contributed by atoms with E-state index in [-0.39, 0.29) is 12.5 Å². The molecule has 0 aromatic carbocycles. The molecule has 1 aliphatic heterocycles. The Hall–Kier alpha value is -2.11. The van der Waals surface area contributed by atoms with Gasteiger partial charge >= 0.3 is 0 Å². The summed E-state index contributed by atoms with van der Waals surface area (Å²) in [5.41, 5.74) is 0. The monoisotopic (exact) mass is 1150 g/mol. The number of carbonyl (C=O) groups excluding carboxylic acids is 1. The number of aliphatic hydroxyl groups excluding tert-OH is 5. The second-order valence-electron chi connectivity index (χ2n) is 24.7. The van der Waals surface area contributed by atoms with Gasteiger partial charge in [0.05, 0.1) is 25.4 Å². The lowest BCUT2D eigenvalue weighted by Gasteiger charge is -2.40. The number of unbranched alkanes of at least 4 members (excludes halogenated alkanes) is 44. The van der Waals surface area contributed by atoms with Gasteiger partial charge in [0, 0.05) is 6.42 Å². The van der Waals surface area contributed by atoms with Crippen LogP contribution in [0.25, 0.3) is 0 Å². The number of allylic oxidation sites excluding steroid dienone is 9. The van der Waals surface area contributed by atoms with E-state index in [1.54, 1.807) is 6.08 Å². The van der Waals surface area contributed by atoms with Gasteiger partial charge in [-0.1, -0.05) is 319 Å². The molecule has 0 radical (unpaired) electrons. The van der Waals surface area contributed by atoms with E-state index in [9.17, 15) is 30.3 Å². The number of carbonyl (C=O) groups is 1. The summed E-state index contributed by atoms with van der Waals surface area (Å²) < 4.78 is 11.3. The first-order chi connectivity index (χ1) is 40.3. The quantitative estimate of drug-likeness (QED) is 0.0261. The third-order valence-electron chi connectivity index (χ3n) is 16.8. The van der Waals surface area contributed by atoms with Gasteiger partial charge in [0.2, 0.25) is 5.91 Å². The van der Waals surface area contributed by atoms with Crippen LogP contribution in [-0.4, -0.2) is 87.5 Å². The summed E-state index contributed by atoms with van der Waals surface area (Å²) in [6.07, 6.45) is 79.1. The maximum absolute atomic E-state index is 13.1. The van der Waals surface area contributed by atoms with Crippen molar-refractivity contribution in [2.75, 3.05) is 13.2 Å². The van der Waals surface area contributed by atoms with Crippen molar-refractivity contribution in [2.24, 2.45) is 0 Å². The summed E-state index contributed by atoms with van der Waals surface area (Å²) in [6, 6.07) is -0.830. The lowest BCUT2D eigenvalue weighted by molar-refractivity contribution is -0.302. The summed E-state index contributed by atoms with van der Waals surface area (Å²) >= 11 is 0. The molecule has 0 aromatic rings. The number of amides is 1. The molecule has 1 heterocycles. The highest BCUT2D eigenvalue weighted by atomic mass is 16.7. The van der Waals surface area contributed by atoms with Gasteiger partial charge in [-0.25, -0.2) is 0 Å². The van der Waals surface area contributed by atoms with E-state index < -0.39 is 49.5 Å². The molecule has 0 spiro atoms. The third kappa shape index (κ3) is 50.1. The molecule has 1 aliphatic rings. The van der Waals surface area contributed by atoms with Gasteiger partial charge in [0.1, 0.15) is 24.4 Å². The molecule has 0 saturated carbocycles. The highest BCUT2D eigenvalue weighted by molar-refractivity contribution is 5.76. The molecule has 82 heavy (non-hydrogen) atoms. The molecule has 0 aliphatic carbocycles. The largest absolute Gasteiger partial charge is 0.394 e. The number of ether oxygens (including phenoxy) is 2. The predicted molar refractivity (Wildman–Crippen MR) is 350 cm³/mol. The van der Waals surface area contributed by atoms with Crippen molar-refractivity contribution < 1.29 is 39.8 Å². The standard InChI is InChI=1S/C73H135NO8/c1-3-5-7-9-11-13-15-17-19-21-23-25-27-29-30-31-32-33-34-35-36-37-38-39-41-43-45-47-49-51-53-55-57-59-61-63-69(77)74-66(65-81-73-72(80)71(79)70(78)68(64-75)82-73)67(76)62-60-58-56-54-52-50-48-46-44-42-40-28-26-24-22-20-18-16-14-12-10-8-6-4-2/h15,17,21,23,44,46,52,54,60,62,66-68,70-73,75-76,78-80H,3-14,16,18-20,22,24-43,45,47-51,53,55-59,61,63-65H2,1-2H3,(H,74,77)/b17-15-,23-21-,46-44+,54-52+,62-60+. The summed E-state index contributed by atoms with van der Waals surface area (Å²) in [5, 5.41) is 54.7. The first-order valence-electron chi connectivity index (χ1n) is 35.5. The number of aliphatic hydroxyl groups is 5. The molecule has 1 saturated heterocycles. The molecular weight excluding hydrogens is 1020 g/mol. The Morgan fingerprint density at radius 1 is 0.415 bits per heavy atom. The Morgan fingerprint density at radius 3 is 1.10 bits per heavy atom. The Morgan fingerprint density at radius 2 is 0.732 bits per heavy atom. The lowest BCUT2D eigenvalue weighted by Crippen LogP contribution is -2.60. The van der Waals surface area contributed by atoms with Gasteiger partial charge in [-0.15, -0.1) is 0 Å². The molecule has 7 unspecified atom stereocenters. The average molecular weight is 1150 g/mol. The van der Waals surface area contributed by atoms with Crippen LogP contribution in [0.4, 0.5) is 0 Å². The van der Waals surface area contributed by atoms with Crippen LogP contribution in [0.15, 0.2) is 60.8 Å². The molecule has 0 aromatic heterocycles. The molecule has 480 valence electrons. The van der Waals surface area contributed by atoms with Gasteiger partial charge in [-0.3, -0.25) is 4.79 Å². The zero-order valence-corrected chi connectivity index (χ0v) is 53.8. The van der Waals surface area contributed by atoms with Crippen LogP contribution < -0.4 is 5.32 Å². The Kier molecular flexibility index (Phi) is 58.9. The fraction of sp³-hybridized carbons (Fsp3) is 0.849. The van der Waals surface area contributed by atoms with E-state index in [1.807, 2.05) is 6.08 Å². The Balaban J connectivity index is 2.12. The average Bonchev–Trinajstić information content (AvgIpc) is 3.52. The van der Waals surface area contributed by atoms with Crippen LogP contribution in [0.1, 0.15) is 341 Å². The number of hydrogen-bond acceptors (Lipinski definition) is 8. The van der Waals surface area contributed by atoms with Gasteiger partial charge in [0.15, 0.2) is 6.29 Å². The molecule has 6 N–H and O–H groups in total. The second-order valence-corrected chi connectivity index (χ2v) is 24.7. The second kappa shape index (κ2) is 62.0. The first kappa shape index (κ1) is 77.9. The zero-order chi connectivity index (χ0) is 59.3. The predicted octanol–water partition coefficient (Wildman–Crippen LogP) is 19.4. The number of rotatable bonds is 62. The molecule has 9 nitrogen and oxygen atoms in total. The SMILES string of the molecule is CCCCCCC/C=C\C/C=C\CCCCCCCCCCCCCCCCCCCCCCCCCC(=O)NC(COC1OC(CO)C(O)C(O)C1O)C(O)/C=C/CC/C=C/CC/C=C/CCCCCCCCCCCCCCCC. The highest BCUT2D eigenvalue weighted by Gasteiger charge is 2.44. The van der Waals surface area contributed by atoms with Crippen molar-refractivity contribution in [2.45, 2.75) is 384 Å². The lowest BCUT2D eigenvalue weighted by atomic mass is 9.99. The molecule has 1 fully saturated rings. The first-order valence-corrected chi connectivity index (χ1v) is 35.5. The molecular formula is C73H135NO8. The summed E-state index contributed by atoms with van der Waals surface area (Å²) in [7, 11) is 0. The van der Waals surface area contributed by atoms with Gasteiger partial charge in [-0.2, -0.15) is 0 Å². The maximum Gasteiger partial charge on any atom is 0.220 e. The van der Waals surface area contributed by atoms with Crippen molar-refractivity contribution in [1.29, 1.82) is 0 Å². The van der Waals surface area contributed by atoms with Gasteiger partial charge in [-0.05, 0) is 77.0 Å². The van der Waals surface area contributed by atoms with Crippen LogP contribution in [0.3, 0.4) is 0 Å². The third-order valence-corrected chi connectivity index (χ3v) is 16.8. The van der Waals surface area contributed by atoms with Crippen molar-refractivity contribution >= 4 is 5.91 Å². The fourth-order valence-electron chi connectivity index (χ4n) is 11.2. The summed E-state index contributed by atoms with van der Waals surface area (Å²) in [5.74, 6) is -0.185. The van der Waals surface area contributed by atoms with Crippen molar-refractivity contribution in [3.05, 3.63) is 60.8 Å². The number of nitrogens with one attached hydrogen (secondary N) is 1. The topological polar surface area (TPSA) is 149 Å². The van der Waals surface area contributed by atoms with Crippen LogP contribution in [0.5, 0.6) is 0 Å². The van der Waals surface area contributed by atoms with Crippen LogP contribution >= 0.6 is 0 Å². The fourth-order valence-corrected chi connectivity index (χ4v) is 11.2. The van der Waals surface area contributed by atoms with Crippen LogP contribution in [-0.2, 0) is 14.3 Å². The Bertz CT molecular complexity index is 1480. The smallest absolute Gasteiger partial charge is 0.220 e. The van der Waals surface area contributed by atoms with E-state index in [4.69, 9.17) is 9.47 Å². The van der Waals surface area contributed by atoms with Crippen molar-refractivity contribution in [3.63, 3.8) is 0 Å². The van der Waals surface area contributed by atoms with E-state index in [0.717, 1.165) is 51.4 Å². The molecule has 0 bridgehead atoms. The summed E-state index contributed by atoms with van der Waals surface area (Å²) in [6.45, 7) is 3.79. The highest BCUT2D eigenvalue weighted by Crippen LogP contribution is 2.23. The van der Waals surface area contributed by atoms with Gasteiger partial charge in [0.25, 0.3) is 0 Å². The van der Waals surface area contributed by atoms with Crippen LogP contribution in [0, 0.1) is 0 Å². The number of hydrogen-bond donors (Lipinski definition) is 6. The minimum atomic E-state index is -1.58. The van der Waals surface area contributed by atoms with E-state index >= 15 is 0 Å². The van der Waals surface area contributed by atoms with Crippen LogP contribution in [0.2, 0.25) is 0 Å². The van der Waals surface area contributed by atoms with Crippen molar-refractivity contribution in [3.8, 4) is 0 Å². The Labute approximate surface area is 506 Å².